The molecule has 0 N–H and O–H groups in total. The largest absolute Gasteiger partial charge is 0.454 e. The molecule has 1 aliphatic rings. The Morgan fingerprint density at radius 2 is 1.08 bits per heavy atom. The number of esters is 2. The van der Waals surface area contributed by atoms with Crippen LogP contribution in [0.15, 0.2) is 104 Å². The molecule has 4 nitrogen and oxygen atoms in total. The lowest BCUT2D eigenvalue weighted by atomic mass is 9.70. The van der Waals surface area contributed by atoms with Crippen molar-refractivity contribution in [3.8, 4) is 0 Å². The lowest BCUT2D eigenvalue weighted by molar-refractivity contribution is -0.0535. The maximum Gasteiger partial charge on any atom is 0.338 e. The molecule has 4 aromatic rings. The molecule has 198 valence electrons. The van der Waals surface area contributed by atoms with Gasteiger partial charge in [0, 0.05) is 19.3 Å². The number of carbonyl (C=O) groups excluding carboxylic acids is 2. The van der Waals surface area contributed by atoms with Gasteiger partial charge in [-0.1, -0.05) is 103 Å². The van der Waals surface area contributed by atoms with Gasteiger partial charge in [0.25, 0.3) is 0 Å². The lowest BCUT2D eigenvalue weighted by Crippen LogP contribution is -2.47. The third-order valence-electron chi connectivity index (χ3n) is 7.18. The Labute approximate surface area is 253 Å². The van der Waals surface area contributed by atoms with Crippen LogP contribution in [-0.4, -0.2) is 24.1 Å². The Morgan fingerprint density at radius 3 is 1.62 bits per heavy atom. The second kappa shape index (κ2) is 11.8. The van der Waals surface area contributed by atoms with E-state index in [0.29, 0.717) is 11.1 Å². The minimum absolute atomic E-state index is 0.285. The van der Waals surface area contributed by atoms with Crippen molar-refractivity contribution < 1.29 is 19.1 Å². The van der Waals surface area contributed by atoms with E-state index in [1.54, 1.807) is 48.5 Å². The maximum atomic E-state index is 13.5. The van der Waals surface area contributed by atoms with Crippen LogP contribution in [0.25, 0.3) is 0 Å². The molecule has 3 unspecified atom stereocenters. The van der Waals surface area contributed by atoms with E-state index in [1.165, 1.54) is 0 Å². The molecular formula is C32H25Br3O4. The van der Waals surface area contributed by atoms with Gasteiger partial charge >= 0.3 is 11.9 Å². The summed E-state index contributed by atoms with van der Waals surface area (Å²) in [6.07, 6.45) is -1.57. The molecule has 0 saturated heterocycles. The summed E-state index contributed by atoms with van der Waals surface area (Å²) in [4.78, 5) is 26.9. The summed E-state index contributed by atoms with van der Waals surface area (Å²) in [6.45, 7) is 4.04. The van der Waals surface area contributed by atoms with Gasteiger partial charge < -0.3 is 9.47 Å². The van der Waals surface area contributed by atoms with E-state index in [1.807, 2.05) is 56.3 Å². The fourth-order valence-electron chi connectivity index (χ4n) is 5.35. The Balaban J connectivity index is 1.71. The molecule has 5 rings (SSSR count). The van der Waals surface area contributed by atoms with Crippen LogP contribution in [0.5, 0.6) is 0 Å². The van der Waals surface area contributed by atoms with Gasteiger partial charge in [0.2, 0.25) is 0 Å². The molecular weight excluding hydrogens is 688 g/mol. The van der Waals surface area contributed by atoms with Gasteiger partial charge in [-0.2, -0.15) is 0 Å². The first-order valence-electron chi connectivity index (χ1n) is 12.5. The van der Waals surface area contributed by atoms with Gasteiger partial charge in [-0.3, -0.25) is 0 Å². The van der Waals surface area contributed by atoms with Crippen LogP contribution in [0.4, 0.5) is 0 Å². The second-order valence-electron chi connectivity index (χ2n) is 9.57. The van der Waals surface area contributed by atoms with E-state index in [-0.39, 0.29) is 5.92 Å². The molecule has 0 amide bonds. The fraction of sp³-hybridized carbons (Fsp3) is 0.188. The number of halogens is 3. The van der Waals surface area contributed by atoms with Crippen LogP contribution in [-0.2, 0) is 9.47 Å². The normalized spacial score (nSPS) is 20.1. The summed E-state index contributed by atoms with van der Waals surface area (Å²) >= 11 is 11.3. The fourth-order valence-corrected chi connectivity index (χ4v) is 7.36. The number of ether oxygens (including phenoxy) is 2. The van der Waals surface area contributed by atoms with Crippen LogP contribution >= 0.6 is 47.8 Å². The summed E-state index contributed by atoms with van der Waals surface area (Å²) in [7, 11) is 0. The summed E-state index contributed by atoms with van der Waals surface area (Å²) in [5, 5.41) is 0. The Kier molecular flexibility index (Phi) is 8.40. The zero-order valence-corrected chi connectivity index (χ0v) is 26.0. The van der Waals surface area contributed by atoms with Crippen molar-refractivity contribution in [2.45, 2.75) is 37.9 Å². The van der Waals surface area contributed by atoms with Gasteiger partial charge in [-0.05, 0) is 71.6 Å². The first-order valence-corrected chi connectivity index (χ1v) is 14.9. The van der Waals surface area contributed by atoms with E-state index in [2.05, 4.69) is 47.8 Å². The van der Waals surface area contributed by atoms with Gasteiger partial charge in [-0.25, -0.2) is 9.59 Å². The van der Waals surface area contributed by atoms with Crippen molar-refractivity contribution in [3.63, 3.8) is 0 Å². The third-order valence-corrected chi connectivity index (χ3v) is 9.25. The molecule has 0 radical (unpaired) electrons. The molecule has 0 spiro atoms. The molecule has 39 heavy (non-hydrogen) atoms. The van der Waals surface area contributed by atoms with Crippen molar-refractivity contribution in [2.75, 3.05) is 0 Å². The number of rotatable bonds is 5. The summed E-state index contributed by atoms with van der Waals surface area (Å²) in [6, 6.07) is 27.7. The van der Waals surface area contributed by atoms with E-state index in [9.17, 15) is 9.59 Å². The first kappa shape index (κ1) is 27.8. The molecule has 0 aliphatic heterocycles. The predicted octanol–water partition coefficient (Wildman–Crippen LogP) is 8.98. The van der Waals surface area contributed by atoms with Crippen LogP contribution in [0.1, 0.15) is 61.7 Å². The molecule has 4 aromatic carbocycles. The zero-order valence-electron chi connectivity index (χ0n) is 21.2. The number of carbonyl (C=O) groups is 2. The highest BCUT2D eigenvalue weighted by molar-refractivity contribution is 9.11. The standard InChI is InChI=1S/C32H25Br3O4/c1-18-10-9-15-22(33)25(18)28-27-24(35)17-16-23(34)26(27)19(2)29(38-31(36)20-11-5-3-6-12-20)30(28)39-32(37)21-13-7-4-8-14-21/h3-17,19,28-30H,1-2H3/t19?,28-,29?,30?/m0/s1. The van der Waals surface area contributed by atoms with Crippen molar-refractivity contribution in [3.05, 3.63) is 138 Å². The summed E-state index contributed by atoms with van der Waals surface area (Å²) < 4.78 is 15.3. The molecule has 0 aromatic heterocycles. The monoisotopic (exact) mass is 710 g/mol. The average molecular weight is 713 g/mol. The predicted molar refractivity (Wildman–Crippen MR) is 162 cm³/mol. The third kappa shape index (κ3) is 5.49. The van der Waals surface area contributed by atoms with Gasteiger partial charge in [0.05, 0.1) is 17.0 Å². The molecule has 4 atom stereocenters. The Hall–Kier alpha value is -2.74. The zero-order chi connectivity index (χ0) is 27.7. The SMILES string of the molecule is Cc1cccc(Br)c1[C@H]1c2c(Br)ccc(Br)c2C(C)C(OC(=O)c2ccccc2)C1OC(=O)c1ccccc1. The molecule has 0 fully saturated rings. The van der Waals surface area contributed by atoms with Crippen molar-refractivity contribution >= 4 is 59.7 Å². The van der Waals surface area contributed by atoms with E-state index in [0.717, 1.165) is 35.7 Å². The van der Waals surface area contributed by atoms with Gasteiger partial charge in [-0.15, -0.1) is 0 Å². The van der Waals surface area contributed by atoms with Gasteiger partial charge in [0.1, 0.15) is 6.10 Å². The summed E-state index contributed by atoms with van der Waals surface area (Å²) in [5.74, 6) is -1.66. The Bertz CT molecular complexity index is 1500. The van der Waals surface area contributed by atoms with Crippen molar-refractivity contribution in [1.82, 2.24) is 0 Å². The first-order chi connectivity index (χ1) is 18.8. The van der Waals surface area contributed by atoms with Crippen LogP contribution in [0.3, 0.4) is 0 Å². The number of aryl methyl sites for hydroxylation is 1. The maximum absolute atomic E-state index is 13.5. The smallest absolute Gasteiger partial charge is 0.338 e. The number of benzene rings is 4. The number of hydrogen-bond acceptors (Lipinski definition) is 4. The highest BCUT2D eigenvalue weighted by Crippen LogP contribution is 2.52. The van der Waals surface area contributed by atoms with E-state index >= 15 is 0 Å². The molecule has 7 heteroatoms. The lowest BCUT2D eigenvalue weighted by Gasteiger charge is -2.43. The summed E-state index contributed by atoms with van der Waals surface area (Å²) in [5.41, 5.74) is 4.85. The molecule has 1 aliphatic carbocycles. The average Bonchev–Trinajstić information content (AvgIpc) is 2.94. The van der Waals surface area contributed by atoms with Gasteiger partial charge in [0.15, 0.2) is 6.10 Å². The van der Waals surface area contributed by atoms with Crippen molar-refractivity contribution in [1.29, 1.82) is 0 Å². The van der Waals surface area contributed by atoms with Crippen LogP contribution < -0.4 is 0 Å². The highest BCUT2D eigenvalue weighted by atomic mass is 79.9. The van der Waals surface area contributed by atoms with Crippen LogP contribution in [0.2, 0.25) is 0 Å². The quantitative estimate of drug-likeness (QED) is 0.194. The Morgan fingerprint density at radius 1 is 0.590 bits per heavy atom. The molecule has 0 saturated carbocycles. The van der Waals surface area contributed by atoms with Crippen LogP contribution in [0, 0.1) is 6.92 Å². The number of fused-ring (bicyclic) bond motifs is 1. The van der Waals surface area contributed by atoms with Crippen molar-refractivity contribution in [2.24, 2.45) is 0 Å². The van der Waals surface area contributed by atoms with E-state index < -0.39 is 30.1 Å². The van der Waals surface area contributed by atoms with E-state index in [4.69, 9.17) is 9.47 Å². The highest BCUT2D eigenvalue weighted by Gasteiger charge is 2.49. The topological polar surface area (TPSA) is 52.6 Å². The molecule has 0 bridgehead atoms. The minimum Gasteiger partial charge on any atom is -0.454 e. The minimum atomic E-state index is -0.809. The second-order valence-corrected chi connectivity index (χ2v) is 12.1. The number of hydrogen-bond donors (Lipinski definition) is 0. The molecule has 0 heterocycles.